The Hall–Kier alpha value is -0.323. The largest absolute Gasteiger partial charge is 1.00 e. The first-order valence-electron chi connectivity index (χ1n) is 4.01. The molecule has 3 heteroatoms. The molecule has 0 unspecified atom stereocenters. The van der Waals surface area contributed by atoms with E-state index in [0.29, 0.717) is 0 Å². The normalized spacial score (nSPS) is 9.79. The first kappa shape index (κ1) is 19.3. The maximum Gasteiger partial charge on any atom is 1.00 e. The maximum absolute atomic E-state index is 12.4. The van der Waals surface area contributed by atoms with Crippen molar-refractivity contribution in [3.05, 3.63) is 37.0 Å². The van der Waals surface area contributed by atoms with Crippen molar-refractivity contribution in [1.29, 1.82) is 0 Å². The summed E-state index contributed by atoms with van der Waals surface area (Å²) in [6.45, 7) is 12.1. The first-order valence-corrected chi connectivity index (χ1v) is 4.01. The maximum atomic E-state index is 12.4. The fraction of sp³-hybridized carbons (Fsp3) is 0.455. The third kappa shape index (κ3) is 14.2. The van der Waals surface area contributed by atoms with Gasteiger partial charge in [0.1, 0.15) is 0 Å². The Morgan fingerprint density at radius 1 is 1.43 bits per heavy atom. The van der Waals surface area contributed by atoms with Crippen molar-refractivity contribution in [2.45, 2.75) is 33.1 Å². The van der Waals surface area contributed by atoms with E-state index < -0.39 is 5.92 Å². The molecule has 0 nitrogen and oxygen atoms in total. The number of allylic oxidation sites excluding steroid dienone is 4. The molecule has 0 aliphatic rings. The zero-order chi connectivity index (χ0) is 10.9. The van der Waals surface area contributed by atoms with Crippen LogP contribution >= 0.6 is 0 Å². The number of hydrogen-bond acceptors (Lipinski definition) is 0. The van der Waals surface area contributed by atoms with Crippen LogP contribution in [0.25, 0.3) is 0 Å². The fourth-order valence-electron chi connectivity index (χ4n) is 0.432. The third-order valence-corrected chi connectivity index (χ3v) is 1.16. The fourth-order valence-corrected chi connectivity index (χ4v) is 0.432. The standard InChI is InChI=1S/C9H13F2.C2H3.Li/c1-4-9(10,11)7-5-6-8(2)3;1-2;/h5-6H,4H2,1-3H3;1H,2H2;/q2*-1;+1. The smallest absolute Gasteiger partial charge is 0.521 e. The molecule has 0 rings (SSSR count). The van der Waals surface area contributed by atoms with Crippen LogP contribution in [0, 0.1) is 12.7 Å². The Kier molecular flexibility index (Phi) is 14.8. The van der Waals surface area contributed by atoms with Crippen LogP contribution in [0.1, 0.15) is 27.2 Å². The molecular formula is C11H16F2Li-. The van der Waals surface area contributed by atoms with Crippen molar-refractivity contribution in [3.63, 3.8) is 0 Å². The number of halogens is 2. The average molecular weight is 193 g/mol. The molecule has 0 aromatic rings. The average Bonchev–Trinajstić information content (AvgIpc) is 2.07. The van der Waals surface area contributed by atoms with Crippen LogP contribution in [0.4, 0.5) is 8.78 Å². The van der Waals surface area contributed by atoms with Gasteiger partial charge in [0, 0.05) is 0 Å². The van der Waals surface area contributed by atoms with E-state index in [-0.39, 0.29) is 25.3 Å². The summed E-state index contributed by atoms with van der Waals surface area (Å²) in [5.74, 6) is -2.77. The Morgan fingerprint density at radius 3 is 2.14 bits per heavy atom. The number of alkyl halides is 2. The zero-order valence-electron chi connectivity index (χ0n) is 9.40. The Labute approximate surface area is 98.0 Å². The number of rotatable bonds is 3. The van der Waals surface area contributed by atoms with E-state index in [2.05, 4.69) is 13.2 Å². The van der Waals surface area contributed by atoms with E-state index in [9.17, 15) is 8.78 Å². The minimum Gasteiger partial charge on any atom is -0.521 e. The first-order chi connectivity index (χ1) is 5.98. The summed E-state index contributed by atoms with van der Waals surface area (Å²) in [6, 6.07) is 0. The molecule has 0 saturated carbocycles. The summed E-state index contributed by atoms with van der Waals surface area (Å²) >= 11 is 0. The third-order valence-electron chi connectivity index (χ3n) is 1.16. The van der Waals surface area contributed by atoms with Gasteiger partial charge in [0.2, 0.25) is 0 Å². The van der Waals surface area contributed by atoms with Crippen molar-refractivity contribution in [2.75, 3.05) is 0 Å². The molecule has 0 radical (unpaired) electrons. The Morgan fingerprint density at radius 2 is 1.86 bits per heavy atom. The minimum absolute atomic E-state index is 0. The van der Waals surface area contributed by atoms with Crippen LogP contribution in [0.2, 0.25) is 0 Å². The number of hydrogen-bond donors (Lipinski definition) is 0. The summed E-state index contributed by atoms with van der Waals surface area (Å²) in [6.07, 6.45) is 4.70. The topological polar surface area (TPSA) is 0 Å². The van der Waals surface area contributed by atoms with E-state index in [1.54, 1.807) is 6.08 Å². The van der Waals surface area contributed by atoms with Gasteiger partial charge in [-0.05, 0) is 6.42 Å². The van der Waals surface area contributed by atoms with E-state index in [1.807, 2.05) is 19.9 Å². The Bertz CT molecular complexity index is 180. The molecule has 14 heavy (non-hydrogen) atoms. The molecule has 0 atom stereocenters. The summed E-state index contributed by atoms with van der Waals surface area (Å²) in [4.78, 5) is 0. The molecule has 0 aromatic carbocycles. The second-order valence-electron chi connectivity index (χ2n) is 2.61. The zero-order valence-corrected chi connectivity index (χ0v) is 9.40. The van der Waals surface area contributed by atoms with Gasteiger partial charge in [-0.1, -0.05) is 20.8 Å². The minimum atomic E-state index is -2.77. The second-order valence-corrected chi connectivity index (χ2v) is 2.61. The van der Waals surface area contributed by atoms with E-state index >= 15 is 0 Å². The molecule has 0 bridgehead atoms. The van der Waals surface area contributed by atoms with Gasteiger partial charge < -0.3 is 6.58 Å². The monoisotopic (exact) mass is 193 g/mol. The predicted octanol–water partition coefficient (Wildman–Crippen LogP) is 0.967. The molecule has 0 aliphatic carbocycles. The summed E-state index contributed by atoms with van der Waals surface area (Å²) in [5.41, 5.74) is 0.990. The molecule has 76 valence electrons. The molecule has 0 spiro atoms. The quantitative estimate of drug-likeness (QED) is 0.356. The van der Waals surface area contributed by atoms with E-state index in [1.165, 1.54) is 13.0 Å². The molecule has 0 aromatic heterocycles. The van der Waals surface area contributed by atoms with Gasteiger partial charge in [0.05, 0.1) is 0 Å². The molecular weight excluding hydrogens is 177 g/mol. The van der Waals surface area contributed by atoms with Crippen molar-refractivity contribution in [2.24, 2.45) is 0 Å². The van der Waals surface area contributed by atoms with Crippen LogP contribution in [-0.2, 0) is 0 Å². The molecule has 0 heterocycles. The van der Waals surface area contributed by atoms with E-state index in [4.69, 9.17) is 0 Å². The molecule has 0 amide bonds. The van der Waals surface area contributed by atoms with Gasteiger partial charge in [0.25, 0.3) is 0 Å². The Balaban J connectivity index is -0.000000376. The molecule has 0 saturated heterocycles. The SMILES string of the molecule is CCC(F)(F)[C-]=CC=C(C)C.[CH-]=C.[Li+]. The summed E-state index contributed by atoms with van der Waals surface area (Å²) in [5, 5.41) is 0. The van der Waals surface area contributed by atoms with Crippen molar-refractivity contribution >= 4 is 0 Å². The summed E-state index contributed by atoms with van der Waals surface area (Å²) in [7, 11) is 0. The van der Waals surface area contributed by atoms with Gasteiger partial charge in [-0.15, -0.1) is 0 Å². The molecule has 0 aliphatic heterocycles. The van der Waals surface area contributed by atoms with Crippen LogP contribution in [0.5, 0.6) is 0 Å². The van der Waals surface area contributed by atoms with Gasteiger partial charge in [-0.2, -0.15) is 5.57 Å². The van der Waals surface area contributed by atoms with Gasteiger partial charge >= 0.3 is 18.9 Å². The van der Waals surface area contributed by atoms with Crippen molar-refractivity contribution in [3.8, 4) is 0 Å². The van der Waals surface area contributed by atoms with Gasteiger partial charge in [-0.25, -0.2) is 27.0 Å². The van der Waals surface area contributed by atoms with Crippen molar-refractivity contribution in [1.82, 2.24) is 0 Å². The van der Waals surface area contributed by atoms with Gasteiger partial charge in [-0.3, -0.25) is 6.58 Å². The second kappa shape index (κ2) is 10.8. The van der Waals surface area contributed by atoms with E-state index in [0.717, 1.165) is 5.57 Å². The van der Waals surface area contributed by atoms with Crippen LogP contribution < -0.4 is 18.9 Å². The molecule has 0 fully saturated rings. The van der Waals surface area contributed by atoms with Crippen molar-refractivity contribution < 1.29 is 27.6 Å². The summed E-state index contributed by atoms with van der Waals surface area (Å²) < 4.78 is 24.9. The predicted molar refractivity (Wildman–Crippen MR) is 52.4 cm³/mol. The van der Waals surface area contributed by atoms with Crippen LogP contribution in [-0.4, -0.2) is 5.92 Å². The molecule has 0 N–H and O–H groups in total. The van der Waals surface area contributed by atoms with Gasteiger partial charge in [0.15, 0.2) is 5.92 Å². The van der Waals surface area contributed by atoms with Crippen LogP contribution in [0.15, 0.2) is 24.3 Å². The van der Waals surface area contributed by atoms with Crippen LogP contribution in [0.3, 0.4) is 0 Å².